The number of nitrogens with two attached hydrogens (primary N) is 1. The second kappa shape index (κ2) is 6.72. The molecule has 1 unspecified atom stereocenters. The minimum absolute atomic E-state index is 0.644. The van der Waals surface area contributed by atoms with Gasteiger partial charge in [0.15, 0.2) is 6.71 Å². The van der Waals surface area contributed by atoms with Crippen molar-refractivity contribution in [3.63, 3.8) is 0 Å². The molecular formula is C19H28BN. The number of hydrogen-bond acceptors (Lipinski definition) is 1. The van der Waals surface area contributed by atoms with Crippen molar-refractivity contribution in [2.75, 3.05) is 0 Å². The van der Waals surface area contributed by atoms with Crippen LogP contribution in [-0.2, 0) is 12.7 Å². The summed E-state index contributed by atoms with van der Waals surface area (Å²) in [6.07, 6.45) is 12.9. The maximum atomic E-state index is 5.73. The molecule has 1 saturated carbocycles. The van der Waals surface area contributed by atoms with Crippen LogP contribution in [0.5, 0.6) is 0 Å². The summed E-state index contributed by atoms with van der Waals surface area (Å²) in [6, 6.07) is 6.83. The highest BCUT2D eigenvalue weighted by Crippen LogP contribution is 2.39. The van der Waals surface area contributed by atoms with Crippen molar-refractivity contribution < 1.29 is 0 Å². The van der Waals surface area contributed by atoms with Crippen LogP contribution in [0.4, 0.5) is 0 Å². The van der Waals surface area contributed by atoms with Gasteiger partial charge in [0.2, 0.25) is 0 Å². The molecule has 0 saturated heterocycles. The Morgan fingerprint density at radius 2 is 2.05 bits per heavy atom. The fourth-order valence-corrected chi connectivity index (χ4v) is 4.56. The van der Waals surface area contributed by atoms with Crippen molar-refractivity contribution >= 4 is 6.71 Å². The van der Waals surface area contributed by atoms with Gasteiger partial charge < -0.3 is 5.73 Å². The molecule has 3 rings (SSSR count). The average molecular weight is 281 g/mol. The Balaban J connectivity index is 1.78. The van der Waals surface area contributed by atoms with Crippen molar-refractivity contribution in [1.29, 1.82) is 0 Å². The number of hydrogen-bond donors (Lipinski definition) is 1. The largest absolute Gasteiger partial charge is 0.405 e. The lowest BCUT2D eigenvalue weighted by atomic mass is 9.34. The SMILES string of the molecule is Cc1cccc2c1CB(/C=C\N)C(CC1CCCCC1)C2. The quantitative estimate of drug-likeness (QED) is 0.812. The van der Waals surface area contributed by atoms with Crippen LogP contribution in [0.1, 0.15) is 55.2 Å². The second-order valence-corrected chi connectivity index (χ2v) is 7.17. The summed E-state index contributed by atoms with van der Waals surface area (Å²) in [7, 11) is 0. The maximum Gasteiger partial charge on any atom is 0.176 e. The molecule has 1 aromatic rings. The molecule has 1 fully saturated rings. The zero-order valence-electron chi connectivity index (χ0n) is 13.4. The number of fused-ring (bicyclic) bond motifs is 1. The Morgan fingerprint density at radius 3 is 2.81 bits per heavy atom. The minimum Gasteiger partial charge on any atom is -0.405 e. The van der Waals surface area contributed by atoms with E-state index in [1.807, 2.05) is 0 Å². The lowest BCUT2D eigenvalue weighted by Gasteiger charge is -2.34. The lowest BCUT2D eigenvalue weighted by molar-refractivity contribution is 0.330. The molecule has 112 valence electrons. The number of benzene rings is 1. The summed E-state index contributed by atoms with van der Waals surface area (Å²) >= 11 is 0. The summed E-state index contributed by atoms with van der Waals surface area (Å²) in [5.41, 5.74) is 10.4. The lowest BCUT2D eigenvalue weighted by Crippen LogP contribution is -2.31. The third-order valence-electron chi connectivity index (χ3n) is 5.75. The highest BCUT2D eigenvalue weighted by Gasteiger charge is 2.32. The minimum atomic E-state index is 0.644. The van der Waals surface area contributed by atoms with E-state index < -0.39 is 0 Å². The number of rotatable bonds is 3. The average Bonchev–Trinajstić information content (AvgIpc) is 2.50. The van der Waals surface area contributed by atoms with E-state index in [2.05, 4.69) is 31.1 Å². The molecule has 0 amide bonds. The van der Waals surface area contributed by atoms with Crippen LogP contribution >= 0.6 is 0 Å². The highest BCUT2D eigenvalue weighted by atomic mass is 14.5. The van der Waals surface area contributed by atoms with Crippen LogP contribution in [0.3, 0.4) is 0 Å². The summed E-state index contributed by atoms with van der Waals surface area (Å²) < 4.78 is 0. The van der Waals surface area contributed by atoms with E-state index in [0.717, 1.165) is 11.7 Å². The predicted molar refractivity (Wildman–Crippen MR) is 92.6 cm³/mol. The molecule has 1 aromatic carbocycles. The van der Waals surface area contributed by atoms with Crippen molar-refractivity contribution in [1.82, 2.24) is 0 Å². The standard InChI is InChI=1S/C19H28BN/c1-15-6-5-9-17-13-18(12-16-7-3-2-4-8-16)20(10-11-21)14-19(15)17/h5-6,9-11,16,18H,2-4,7-8,12-14,21H2,1H3/b11-10-. The van der Waals surface area contributed by atoms with E-state index in [-0.39, 0.29) is 0 Å². The first-order valence-corrected chi connectivity index (χ1v) is 8.73. The van der Waals surface area contributed by atoms with Gasteiger partial charge in [0.05, 0.1) is 0 Å². The molecule has 0 bridgehead atoms. The molecular weight excluding hydrogens is 253 g/mol. The second-order valence-electron chi connectivity index (χ2n) is 7.17. The first-order chi connectivity index (χ1) is 10.3. The maximum absolute atomic E-state index is 5.73. The summed E-state index contributed by atoms with van der Waals surface area (Å²) in [4.78, 5) is 0. The molecule has 1 aliphatic heterocycles. The van der Waals surface area contributed by atoms with Gasteiger partial charge in [-0.25, -0.2) is 0 Å². The van der Waals surface area contributed by atoms with Crippen molar-refractivity contribution in [3.8, 4) is 0 Å². The predicted octanol–water partition coefficient (Wildman–Crippen LogP) is 4.48. The Bertz CT molecular complexity index is 502. The van der Waals surface area contributed by atoms with Crippen molar-refractivity contribution in [3.05, 3.63) is 47.1 Å². The third-order valence-corrected chi connectivity index (χ3v) is 5.75. The molecule has 0 aromatic heterocycles. The third kappa shape index (κ3) is 3.36. The van der Waals surface area contributed by atoms with Crippen molar-refractivity contribution in [2.45, 2.75) is 64.0 Å². The fourth-order valence-electron chi connectivity index (χ4n) is 4.56. The van der Waals surface area contributed by atoms with E-state index in [1.54, 1.807) is 17.3 Å². The highest BCUT2D eigenvalue weighted by molar-refractivity contribution is 6.65. The summed E-state index contributed by atoms with van der Waals surface area (Å²) in [5, 5.41) is 0. The van der Waals surface area contributed by atoms with Crippen LogP contribution in [0.2, 0.25) is 5.82 Å². The molecule has 1 aliphatic carbocycles. The molecule has 0 spiro atoms. The Hall–Kier alpha value is -1.18. The smallest absolute Gasteiger partial charge is 0.176 e. The van der Waals surface area contributed by atoms with Crippen molar-refractivity contribution in [2.24, 2.45) is 11.7 Å². The normalized spacial score (nSPS) is 23.5. The monoisotopic (exact) mass is 281 g/mol. The Labute approximate surface area is 130 Å². The van der Waals surface area contributed by atoms with Gasteiger partial charge in [0.1, 0.15) is 0 Å². The van der Waals surface area contributed by atoms with Gasteiger partial charge in [0.25, 0.3) is 0 Å². The van der Waals surface area contributed by atoms with E-state index >= 15 is 0 Å². The van der Waals surface area contributed by atoms with Gasteiger partial charge in [-0.2, -0.15) is 0 Å². The molecule has 1 nitrogen and oxygen atoms in total. The topological polar surface area (TPSA) is 26.0 Å². The van der Waals surface area contributed by atoms with Gasteiger partial charge in [-0.15, -0.1) is 0 Å². The fraction of sp³-hybridized carbons (Fsp3) is 0.579. The molecule has 2 aliphatic rings. The van der Waals surface area contributed by atoms with E-state index in [0.29, 0.717) is 6.71 Å². The van der Waals surface area contributed by atoms with Crippen LogP contribution in [0, 0.1) is 12.8 Å². The van der Waals surface area contributed by atoms with Gasteiger partial charge in [-0.1, -0.05) is 68.5 Å². The molecule has 0 radical (unpaired) electrons. The Kier molecular flexibility index (Phi) is 4.72. The van der Waals surface area contributed by atoms with Gasteiger partial charge in [-0.05, 0) is 48.5 Å². The first kappa shape index (κ1) is 14.7. The van der Waals surface area contributed by atoms with E-state index in [4.69, 9.17) is 5.73 Å². The molecule has 2 heteroatoms. The molecule has 1 atom stereocenters. The van der Waals surface area contributed by atoms with E-state index in [9.17, 15) is 0 Å². The van der Waals surface area contributed by atoms with Gasteiger partial charge >= 0.3 is 0 Å². The molecule has 1 heterocycles. The van der Waals surface area contributed by atoms with Crippen LogP contribution < -0.4 is 5.73 Å². The van der Waals surface area contributed by atoms with Gasteiger partial charge in [-0.3, -0.25) is 0 Å². The first-order valence-electron chi connectivity index (χ1n) is 8.73. The van der Waals surface area contributed by atoms with Gasteiger partial charge in [0, 0.05) is 0 Å². The van der Waals surface area contributed by atoms with Crippen LogP contribution in [-0.4, -0.2) is 6.71 Å². The zero-order chi connectivity index (χ0) is 14.7. The summed E-state index contributed by atoms with van der Waals surface area (Å²) in [6.45, 7) is 2.90. The Morgan fingerprint density at radius 1 is 1.24 bits per heavy atom. The van der Waals surface area contributed by atoms with Crippen LogP contribution in [0.25, 0.3) is 0 Å². The molecule has 2 N–H and O–H groups in total. The van der Waals surface area contributed by atoms with E-state index in [1.165, 1.54) is 56.8 Å². The number of aryl methyl sites for hydroxylation is 1. The zero-order valence-corrected chi connectivity index (χ0v) is 13.4. The van der Waals surface area contributed by atoms with Crippen LogP contribution in [0.15, 0.2) is 30.4 Å². The summed E-state index contributed by atoms with van der Waals surface area (Å²) in [5.74, 6) is 4.02. The molecule has 21 heavy (non-hydrogen) atoms.